The lowest BCUT2D eigenvalue weighted by Crippen LogP contribution is -2.52. The van der Waals surface area contributed by atoms with Gasteiger partial charge in [0, 0.05) is 24.2 Å². The quantitative estimate of drug-likeness (QED) is 0.816. The van der Waals surface area contributed by atoms with Crippen LogP contribution in [0.4, 0.5) is 16.2 Å². The molecule has 28 heavy (non-hydrogen) atoms. The molecule has 3 aliphatic rings. The van der Waals surface area contributed by atoms with Crippen molar-refractivity contribution >= 4 is 23.4 Å². The Balaban J connectivity index is 1.57. The zero-order chi connectivity index (χ0) is 19.4. The van der Waals surface area contributed by atoms with E-state index in [2.05, 4.69) is 11.3 Å². The first-order chi connectivity index (χ1) is 13.6. The molecule has 1 atom stereocenters. The predicted octanol–water partition coefficient (Wildman–Crippen LogP) is 3.60. The third kappa shape index (κ3) is 2.85. The fourth-order valence-corrected chi connectivity index (χ4v) is 3.97. The molecule has 2 aliphatic carbocycles. The van der Waals surface area contributed by atoms with Gasteiger partial charge in [-0.25, -0.2) is 4.79 Å². The van der Waals surface area contributed by atoms with Crippen molar-refractivity contribution < 1.29 is 14.3 Å². The van der Waals surface area contributed by atoms with Gasteiger partial charge in [-0.3, -0.25) is 14.4 Å². The second-order valence-electron chi connectivity index (χ2n) is 8.06. The fourth-order valence-electron chi connectivity index (χ4n) is 3.97. The highest BCUT2D eigenvalue weighted by Gasteiger charge is 2.40. The second kappa shape index (κ2) is 6.36. The normalized spacial score (nSPS) is 21.4. The first-order valence-electron chi connectivity index (χ1n) is 9.94. The smallest absolute Gasteiger partial charge is 0.414 e. The topological polar surface area (TPSA) is 67.7 Å². The molecule has 2 saturated carbocycles. The molecule has 5 rings (SSSR count). The summed E-state index contributed by atoms with van der Waals surface area (Å²) in [5.74, 6) is 0.273. The number of amides is 2. The Kier molecular flexibility index (Phi) is 3.92. The third-order valence-corrected chi connectivity index (χ3v) is 5.83. The van der Waals surface area contributed by atoms with Crippen molar-refractivity contribution in [3.8, 4) is 11.1 Å². The average molecular weight is 380 g/mol. The number of carbonyl (C=O) groups is 2. The van der Waals surface area contributed by atoms with E-state index in [1.165, 1.54) is 20.0 Å². The summed E-state index contributed by atoms with van der Waals surface area (Å²) in [7, 11) is 1.39. The van der Waals surface area contributed by atoms with Gasteiger partial charge in [-0.15, -0.1) is 0 Å². The van der Waals surface area contributed by atoms with Crippen LogP contribution >= 0.6 is 0 Å². The minimum absolute atomic E-state index is 0.117. The minimum Gasteiger partial charge on any atom is -0.452 e. The molecule has 2 aromatic rings. The molecule has 2 fully saturated rings. The molecule has 1 unspecified atom stereocenters. The number of rotatable bonds is 3. The first-order valence-corrected chi connectivity index (χ1v) is 9.94. The molecular formula is C21H24N4O3. The fraction of sp³-hybridized carbons (Fsp3) is 0.476. The van der Waals surface area contributed by atoms with Crippen LogP contribution in [0.15, 0.2) is 30.6 Å². The molecule has 7 heteroatoms. The number of nitrogens with zero attached hydrogens (tertiary/aromatic N) is 4. The van der Waals surface area contributed by atoms with E-state index in [1.54, 1.807) is 4.90 Å². The summed E-state index contributed by atoms with van der Waals surface area (Å²) in [6.45, 7) is 2.42. The highest BCUT2D eigenvalue weighted by atomic mass is 16.5. The van der Waals surface area contributed by atoms with Gasteiger partial charge >= 0.3 is 6.09 Å². The summed E-state index contributed by atoms with van der Waals surface area (Å²) in [4.78, 5) is 28.8. The largest absolute Gasteiger partial charge is 0.452 e. The number of carbonyl (C=O) groups excluding carboxylic acids is 2. The first kappa shape index (κ1) is 17.3. The lowest BCUT2D eigenvalue weighted by atomic mass is 10.0. The number of hydrogen-bond acceptors (Lipinski definition) is 4. The predicted molar refractivity (Wildman–Crippen MR) is 105 cm³/mol. The summed E-state index contributed by atoms with van der Waals surface area (Å²) in [5, 5.41) is 4.48. The second-order valence-corrected chi connectivity index (χ2v) is 8.06. The molecular weight excluding hydrogens is 356 g/mol. The van der Waals surface area contributed by atoms with Gasteiger partial charge in [-0.2, -0.15) is 5.10 Å². The molecule has 1 aromatic heterocycles. The third-order valence-electron chi connectivity index (χ3n) is 5.83. The van der Waals surface area contributed by atoms with E-state index < -0.39 is 6.09 Å². The molecule has 0 radical (unpaired) electrons. The van der Waals surface area contributed by atoms with Crippen LogP contribution in [-0.4, -0.2) is 41.5 Å². The van der Waals surface area contributed by atoms with Crippen LogP contribution in [0.2, 0.25) is 0 Å². The molecule has 0 bridgehead atoms. The summed E-state index contributed by atoms with van der Waals surface area (Å²) in [5.41, 5.74) is 3.52. The van der Waals surface area contributed by atoms with E-state index in [9.17, 15) is 9.59 Å². The van der Waals surface area contributed by atoms with Crippen molar-refractivity contribution in [1.82, 2.24) is 9.78 Å². The number of benzene rings is 1. The number of fused-ring (bicyclic) bond motifs is 1. The number of anilines is 2. The molecule has 1 aliphatic heterocycles. The number of ether oxygens (including phenoxy) is 1. The lowest BCUT2D eigenvalue weighted by Gasteiger charge is -2.40. The van der Waals surface area contributed by atoms with Crippen molar-refractivity contribution in [2.45, 2.75) is 44.7 Å². The van der Waals surface area contributed by atoms with Crippen LogP contribution in [0.1, 0.15) is 38.6 Å². The minimum atomic E-state index is -0.401. The Hall–Kier alpha value is -2.83. The van der Waals surface area contributed by atoms with Crippen LogP contribution < -0.4 is 9.80 Å². The van der Waals surface area contributed by atoms with Gasteiger partial charge in [0.1, 0.15) is 0 Å². The van der Waals surface area contributed by atoms with E-state index in [0.717, 1.165) is 35.3 Å². The monoisotopic (exact) mass is 380 g/mol. The summed E-state index contributed by atoms with van der Waals surface area (Å²) < 4.78 is 7.01. The van der Waals surface area contributed by atoms with Crippen molar-refractivity contribution in [2.75, 3.05) is 23.5 Å². The molecule has 2 heterocycles. The van der Waals surface area contributed by atoms with Crippen LogP contribution in [0.5, 0.6) is 0 Å². The standard InChI is InChI=1S/C21H24N4O3/c1-13-11-23(20(26)14-3-4-14)19-9-15(5-8-18(19)25(13)21(27)28-2)16-10-22-24(12-16)17-6-7-17/h5,8-10,12-14,17H,3-4,6-7,11H2,1-2H3. The lowest BCUT2D eigenvalue weighted by molar-refractivity contribution is -0.119. The summed E-state index contributed by atoms with van der Waals surface area (Å²) in [6, 6.07) is 6.28. The van der Waals surface area contributed by atoms with Crippen LogP contribution in [0, 0.1) is 5.92 Å². The number of methoxy groups -OCH3 is 1. The van der Waals surface area contributed by atoms with Crippen LogP contribution in [-0.2, 0) is 9.53 Å². The molecule has 2 amide bonds. The van der Waals surface area contributed by atoms with Gasteiger partial charge < -0.3 is 9.64 Å². The van der Waals surface area contributed by atoms with Crippen molar-refractivity contribution in [3.63, 3.8) is 0 Å². The van der Waals surface area contributed by atoms with Gasteiger partial charge in [0.05, 0.1) is 36.8 Å². The van der Waals surface area contributed by atoms with E-state index in [-0.39, 0.29) is 17.9 Å². The maximum Gasteiger partial charge on any atom is 0.414 e. The zero-order valence-corrected chi connectivity index (χ0v) is 16.2. The summed E-state index contributed by atoms with van der Waals surface area (Å²) >= 11 is 0. The average Bonchev–Trinajstić information content (AvgIpc) is 3.64. The highest BCUT2D eigenvalue weighted by molar-refractivity contribution is 6.05. The van der Waals surface area contributed by atoms with E-state index in [1.807, 2.05) is 40.9 Å². The van der Waals surface area contributed by atoms with Crippen LogP contribution in [0.3, 0.4) is 0 Å². The van der Waals surface area contributed by atoms with Gasteiger partial charge in [-0.1, -0.05) is 6.07 Å². The van der Waals surface area contributed by atoms with Crippen molar-refractivity contribution in [2.24, 2.45) is 5.92 Å². The van der Waals surface area contributed by atoms with Gasteiger partial charge in [0.15, 0.2) is 0 Å². The molecule has 146 valence electrons. The summed E-state index contributed by atoms with van der Waals surface area (Å²) in [6.07, 6.45) is 7.80. The van der Waals surface area contributed by atoms with E-state index in [4.69, 9.17) is 4.74 Å². The zero-order valence-electron chi connectivity index (χ0n) is 16.2. The van der Waals surface area contributed by atoms with Gasteiger partial charge in [-0.05, 0) is 50.3 Å². The van der Waals surface area contributed by atoms with Gasteiger partial charge in [0.2, 0.25) is 5.91 Å². The Bertz CT molecular complexity index is 945. The Morgan fingerprint density at radius 1 is 1.11 bits per heavy atom. The molecule has 0 N–H and O–H groups in total. The van der Waals surface area contributed by atoms with Crippen LogP contribution in [0.25, 0.3) is 11.1 Å². The Morgan fingerprint density at radius 2 is 1.89 bits per heavy atom. The Labute approximate surface area is 163 Å². The maximum absolute atomic E-state index is 12.9. The van der Waals surface area contributed by atoms with Crippen molar-refractivity contribution in [1.29, 1.82) is 0 Å². The van der Waals surface area contributed by atoms with E-state index >= 15 is 0 Å². The maximum atomic E-state index is 12.9. The molecule has 7 nitrogen and oxygen atoms in total. The van der Waals surface area contributed by atoms with E-state index in [0.29, 0.717) is 12.6 Å². The van der Waals surface area contributed by atoms with Gasteiger partial charge in [0.25, 0.3) is 0 Å². The Morgan fingerprint density at radius 3 is 2.57 bits per heavy atom. The molecule has 0 spiro atoms. The molecule has 1 aromatic carbocycles. The SMILES string of the molecule is COC(=O)N1c2ccc(-c3cnn(C4CC4)c3)cc2N(C(=O)C2CC2)CC1C. The highest BCUT2D eigenvalue weighted by Crippen LogP contribution is 2.42. The van der Waals surface area contributed by atoms with Crippen molar-refractivity contribution in [3.05, 3.63) is 30.6 Å². The number of aromatic nitrogens is 2. The molecule has 0 saturated heterocycles. The number of hydrogen-bond donors (Lipinski definition) is 0.